The molecule has 1 aromatic heterocycles. The summed E-state index contributed by atoms with van der Waals surface area (Å²) in [5.41, 5.74) is 6.48. The maximum Gasteiger partial charge on any atom is 0.222 e. The number of nitrogen functional groups attached to an aromatic ring is 1. The van der Waals surface area contributed by atoms with Crippen molar-refractivity contribution in [2.45, 2.75) is 0 Å². The zero-order chi connectivity index (χ0) is 11.4. The Bertz CT molecular complexity index is 486. The molecule has 0 aliphatic rings. The molecule has 0 aliphatic heterocycles. The third kappa shape index (κ3) is 2.20. The minimum Gasteiger partial charge on any atom is -0.383 e. The number of benzene rings is 1. The number of nitrogens with zero attached hydrogens (tertiary/aromatic N) is 2. The summed E-state index contributed by atoms with van der Waals surface area (Å²) in [6.45, 7) is 1.31. The fourth-order valence-corrected chi connectivity index (χ4v) is 1.50. The van der Waals surface area contributed by atoms with Crippen LogP contribution in [0.4, 0.5) is 11.8 Å². The molecule has 0 atom stereocenters. The van der Waals surface area contributed by atoms with Crippen LogP contribution in [-0.4, -0.2) is 30.2 Å². The minimum atomic E-state index is 0.276. The van der Waals surface area contributed by atoms with Gasteiger partial charge in [0.25, 0.3) is 0 Å². The van der Waals surface area contributed by atoms with E-state index in [1.165, 1.54) is 0 Å². The van der Waals surface area contributed by atoms with Crippen LogP contribution < -0.4 is 11.1 Å². The highest BCUT2D eigenvalue weighted by Crippen LogP contribution is 2.20. The van der Waals surface area contributed by atoms with E-state index < -0.39 is 0 Å². The summed E-state index contributed by atoms with van der Waals surface area (Å²) in [4.78, 5) is 8.33. The molecule has 5 nitrogen and oxygen atoms in total. The van der Waals surface area contributed by atoms with Crippen LogP contribution in [0, 0.1) is 0 Å². The van der Waals surface area contributed by atoms with Crippen molar-refractivity contribution in [3.8, 4) is 0 Å². The number of methoxy groups -OCH3 is 1. The van der Waals surface area contributed by atoms with Crippen LogP contribution >= 0.6 is 0 Å². The third-order valence-electron chi connectivity index (χ3n) is 2.22. The maximum absolute atomic E-state index is 5.64. The van der Waals surface area contributed by atoms with Gasteiger partial charge in [-0.2, -0.15) is 4.98 Å². The number of nitrogens with two attached hydrogens (primary N) is 1. The van der Waals surface area contributed by atoms with E-state index in [0.717, 1.165) is 16.7 Å². The van der Waals surface area contributed by atoms with E-state index in [0.29, 0.717) is 13.2 Å². The summed E-state index contributed by atoms with van der Waals surface area (Å²) in [6.07, 6.45) is 0. The van der Waals surface area contributed by atoms with Crippen LogP contribution in [0.25, 0.3) is 10.9 Å². The quantitative estimate of drug-likeness (QED) is 0.756. The Labute approximate surface area is 93.7 Å². The number of aromatic nitrogens is 2. The molecule has 0 spiro atoms. The maximum atomic E-state index is 5.64. The molecule has 2 rings (SSSR count). The molecule has 0 unspecified atom stereocenters. The van der Waals surface area contributed by atoms with Crippen LogP contribution in [0.2, 0.25) is 0 Å². The number of nitrogens with one attached hydrogen (secondary N) is 1. The van der Waals surface area contributed by atoms with Gasteiger partial charge in [-0.05, 0) is 12.1 Å². The molecule has 3 N–H and O–H groups in total. The van der Waals surface area contributed by atoms with Gasteiger partial charge in [0, 0.05) is 19.0 Å². The first-order valence-electron chi connectivity index (χ1n) is 5.06. The van der Waals surface area contributed by atoms with E-state index in [9.17, 15) is 0 Å². The molecule has 0 radical (unpaired) electrons. The normalized spacial score (nSPS) is 10.6. The molecular weight excluding hydrogens is 204 g/mol. The predicted octanol–water partition coefficient (Wildman–Crippen LogP) is 1.27. The second kappa shape index (κ2) is 4.76. The Morgan fingerprint density at radius 2 is 2.12 bits per heavy atom. The van der Waals surface area contributed by atoms with Gasteiger partial charge in [0.1, 0.15) is 5.82 Å². The van der Waals surface area contributed by atoms with E-state index in [-0.39, 0.29) is 5.95 Å². The number of anilines is 2. The Kier molecular flexibility index (Phi) is 3.16. The molecule has 1 heterocycles. The minimum absolute atomic E-state index is 0.276. The van der Waals surface area contributed by atoms with Crippen LogP contribution in [0.3, 0.4) is 0 Å². The van der Waals surface area contributed by atoms with Crippen LogP contribution in [-0.2, 0) is 4.74 Å². The second-order valence-corrected chi connectivity index (χ2v) is 3.37. The summed E-state index contributed by atoms with van der Waals surface area (Å²) in [5.74, 6) is 1.03. The lowest BCUT2D eigenvalue weighted by Gasteiger charge is -2.08. The SMILES string of the molecule is COCCNc1nc(N)nc2ccccc12. The molecule has 5 heteroatoms. The van der Waals surface area contributed by atoms with Gasteiger partial charge in [0.15, 0.2) is 0 Å². The van der Waals surface area contributed by atoms with Crippen molar-refractivity contribution in [1.82, 2.24) is 9.97 Å². The lowest BCUT2D eigenvalue weighted by Crippen LogP contribution is -2.10. The number of hydrogen-bond acceptors (Lipinski definition) is 5. The van der Waals surface area contributed by atoms with E-state index in [1.807, 2.05) is 24.3 Å². The van der Waals surface area contributed by atoms with Crippen molar-refractivity contribution in [2.75, 3.05) is 31.3 Å². The molecule has 16 heavy (non-hydrogen) atoms. The van der Waals surface area contributed by atoms with Gasteiger partial charge >= 0.3 is 0 Å². The van der Waals surface area contributed by atoms with Crippen LogP contribution in [0.5, 0.6) is 0 Å². The highest BCUT2D eigenvalue weighted by molar-refractivity contribution is 5.89. The zero-order valence-electron chi connectivity index (χ0n) is 9.10. The molecular formula is C11H14N4O. The van der Waals surface area contributed by atoms with Gasteiger partial charge in [0.05, 0.1) is 12.1 Å². The predicted molar refractivity (Wildman–Crippen MR) is 64.3 cm³/mol. The van der Waals surface area contributed by atoms with Gasteiger partial charge < -0.3 is 15.8 Å². The first-order valence-corrected chi connectivity index (χ1v) is 5.06. The monoisotopic (exact) mass is 218 g/mol. The average molecular weight is 218 g/mol. The molecule has 0 saturated carbocycles. The lowest BCUT2D eigenvalue weighted by molar-refractivity contribution is 0.210. The average Bonchev–Trinajstić information content (AvgIpc) is 2.29. The van der Waals surface area contributed by atoms with Crippen molar-refractivity contribution in [3.05, 3.63) is 24.3 Å². The lowest BCUT2D eigenvalue weighted by atomic mass is 10.2. The van der Waals surface area contributed by atoms with Gasteiger partial charge in [-0.25, -0.2) is 4.98 Å². The van der Waals surface area contributed by atoms with E-state index in [1.54, 1.807) is 7.11 Å². The van der Waals surface area contributed by atoms with Gasteiger partial charge in [-0.1, -0.05) is 12.1 Å². The highest BCUT2D eigenvalue weighted by atomic mass is 16.5. The fraction of sp³-hybridized carbons (Fsp3) is 0.273. The van der Waals surface area contributed by atoms with E-state index in [2.05, 4.69) is 15.3 Å². The van der Waals surface area contributed by atoms with Gasteiger partial charge in [-0.15, -0.1) is 0 Å². The molecule has 0 amide bonds. The number of ether oxygens (including phenoxy) is 1. The number of fused-ring (bicyclic) bond motifs is 1. The molecule has 0 bridgehead atoms. The van der Waals surface area contributed by atoms with Crippen molar-refractivity contribution in [2.24, 2.45) is 0 Å². The highest BCUT2D eigenvalue weighted by Gasteiger charge is 2.04. The summed E-state index contributed by atoms with van der Waals surface area (Å²) >= 11 is 0. The summed E-state index contributed by atoms with van der Waals surface area (Å²) < 4.78 is 4.97. The Hall–Kier alpha value is -1.88. The Balaban J connectivity index is 2.34. The topological polar surface area (TPSA) is 73.1 Å². The van der Waals surface area contributed by atoms with Crippen molar-refractivity contribution < 1.29 is 4.74 Å². The molecule has 1 aromatic carbocycles. The standard InChI is InChI=1S/C11H14N4O/c1-16-7-6-13-10-8-4-2-3-5-9(8)14-11(12)15-10/h2-5H,6-7H2,1H3,(H3,12,13,14,15). The largest absolute Gasteiger partial charge is 0.383 e. The van der Waals surface area contributed by atoms with Crippen LogP contribution in [0.1, 0.15) is 0 Å². The first kappa shape index (κ1) is 10.6. The third-order valence-corrected chi connectivity index (χ3v) is 2.22. The molecule has 0 fully saturated rings. The summed E-state index contributed by atoms with van der Waals surface area (Å²) in [6, 6.07) is 7.75. The molecule has 0 saturated heterocycles. The smallest absolute Gasteiger partial charge is 0.222 e. The molecule has 84 valence electrons. The van der Waals surface area contributed by atoms with Gasteiger partial charge in [-0.3, -0.25) is 0 Å². The second-order valence-electron chi connectivity index (χ2n) is 3.37. The first-order chi connectivity index (χ1) is 7.81. The Morgan fingerprint density at radius 1 is 1.31 bits per heavy atom. The fourth-order valence-electron chi connectivity index (χ4n) is 1.50. The number of rotatable bonds is 4. The Morgan fingerprint density at radius 3 is 2.94 bits per heavy atom. The number of hydrogen-bond donors (Lipinski definition) is 2. The molecule has 2 aromatic rings. The summed E-state index contributed by atoms with van der Waals surface area (Å²) in [7, 11) is 1.66. The van der Waals surface area contributed by atoms with Gasteiger partial charge in [0.2, 0.25) is 5.95 Å². The van der Waals surface area contributed by atoms with Crippen molar-refractivity contribution in [1.29, 1.82) is 0 Å². The van der Waals surface area contributed by atoms with Crippen molar-refractivity contribution >= 4 is 22.7 Å². The summed E-state index contributed by atoms with van der Waals surface area (Å²) in [5, 5.41) is 4.14. The zero-order valence-corrected chi connectivity index (χ0v) is 9.10. The van der Waals surface area contributed by atoms with Crippen LogP contribution in [0.15, 0.2) is 24.3 Å². The van der Waals surface area contributed by atoms with E-state index >= 15 is 0 Å². The molecule has 0 aliphatic carbocycles. The van der Waals surface area contributed by atoms with Crippen molar-refractivity contribution in [3.63, 3.8) is 0 Å². The van der Waals surface area contributed by atoms with E-state index in [4.69, 9.17) is 10.5 Å². The number of para-hydroxylation sites is 1.